The Hall–Kier alpha value is -1.45. The van der Waals surface area contributed by atoms with E-state index >= 15 is 0 Å². The molecule has 4 N–H and O–H groups in total. The fourth-order valence-electron chi connectivity index (χ4n) is 1.73. The number of nitrogens with one attached hydrogen (secondary N) is 2. The zero-order valence-corrected chi connectivity index (χ0v) is 14.1. The molecule has 1 aromatic rings. The van der Waals surface area contributed by atoms with Gasteiger partial charge in [-0.3, -0.25) is 4.79 Å². The summed E-state index contributed by atoms with van der Waals surface area (Å²) < 4.78 is 48.2. The highest BCUT2D eigenvalue weighted by Crippen LogP contribution is 2.28. The number of carbonyl (C=O) groups is 1. The summed E-state index contributed by atoms with van der Waals surface area (Å²) in [6, 6.07) is 3.45. The highest BCUT2D eigenvalue weighted by Gasteiger charge is 2.27. The topological polar surface area (TPSA) is 101 Å². The molecule has 0 aliphatic rings. The van der Waals surface area contributed by atoms with Crippen LogP contribution in [0.1, 0.15) is 19.8 Å². The van der Waals surface area contributed by atoms with E-state index < -0.39 is 20.5 Å². The number of carbonyl (C=O) groups excluding carboxylic acids is 1. The van der Waals surface area contributed by atoms with Gasteiger partial charge in [-0.1, -0.05) is 0 Å². The molecule has 1 aromatic carbocycles. The van der Waals surface area contributed by atoms with E-state index in [4.69, 9.17) is 5.73 Å². The van der Waals surface area contributed by atoms with Crippen LogP contribution >= 0.6 is 12.4 Å². The van der Waals surface area contributed by atoms with Gasteiger partial charge < -0.3 is 16.4 Å². The fourth-order valence-corrected chi connectivity index (χ4v) is 2.47. The Morgan fingerprint density at radius 2 is 1.96 bits per heavy atom. The predicted octanol–water partition coefficient (Wildman–Crippen LogP) is 2.21. The van der Waals surface area contributed by atoms with Crippen LogP contribution in [-0.4, -0.2) is 33.2 Å². The number of hydrogen-bond acceptors (Lipinski definition) is 5. The van der Waals surface area contributed by atoms with Crippen molar-refractivity contribution >= 4 is 39.5 Å². The number of alkyl halides is 2. The molecule has 0 heterocycles. The van der Waals surface area contributed by atoms with Crippen LogP contribution in [-0.2, 0) is 14.6 Å². The molecule has 0 aliphatic carbocycles. The Morgan fingerprint density at radius 3 is 2.48 bits per heavy atom. The van der Waals surface area contributed by atoms with E-state index in [1.165, 1.54) is 6.07 Å². The summed E-state index contributed by atoms with van der Waals surface area (Å²) >= 11 is 0. The summed E-state index contributed by atoms with van der Waals surface area (Å²) in [7, 11) is -4.72. The molecule has 0 saturated heterocycles. The lowest BCUT2D eigenvalue weighted by Crippen LogP contribution is -2.16. The van der Waals surface area contributed by atoms with E-state index in [2.05, 4.69) is 10.6 Å². The summed E-state index contributed by atoms with van der Waals surface area (Å²) in [6.45, 7) is 2.67. The first kappa shape index (κ1) is 21.6. The average molecular weight is 372 g/mol. The maximum atomic E-state index is 12.6. The highest BCUT2D eigenvalue weighted by molar-refractivity contribution is 7.91. The van der Waals surface area contributed by atoms with Crippen LogP contribution in [0.15, 0.2) is 23.1 Å². The lowest BCUT2D eigenvalue weighted by Gasteiger charge is -2.14. The van der Waals surface area contributed by atoms with Crippen LogP contribution in [0.2, 0.25) is 0 Å². The van der Waals surface area contributed by atoms with E-state index in [0.717, 1.165) is 12.1 Å². The summed E-state index contributed by atoms with van der Waals surface area (Å²) in [5, 5.41) is 5.44. The molecular formula is C13H20ClF2N3O3S. The molecule has 6 nitrogen and oxygen atoms in total. The molecule has 0 atom stereocenters. The monoisotopic (exact) mass is 371 g/mol. The Labute approximate surface area is 140 Å². The predicted molar refractivity (Wildman–Crippen MR) is 88.0 cm³/mol. The largest absolute Gasteiger partial charge is 0.384 e. The second-order valence-electron chi connectivity index (χ2n) is 4.48. The number of sulfone groups is 1. The van der Waals surface area contributed by atoms with Gasteiger partial charge in [-0.05, 0) is 38.1 Å². The number of rotatable bonds is 8. The van der Waals surface area contributed by atoms with Crippen molar-refractivity contribution in [3.8, 4) is 0 Å². The molecule has 0 spiro atoms. The van der Waals surface area contributed by atoms with Crippen LogP contribution in [0.3, 0.4) is 0 Å². The Morgan fingerprint density at radius 1 is 1.30 bits per heavy atom. The zero-order chi connectivity index (χ0) is 16.8. The van der Waals surface area contributed by atoms with Gasteiger partial charge in [-0.2, -0.15) is 8.78 Å². The van der Waals surface area contributed by atoms with E-state index in [1.54, 1.807) is 0 Å². The third kappa shape index (κ3) is 5.92. The number of halogens is 3. The average Bonchev–Trinajstić information content (AvgIpc) is 2.46. The molecule has 1 rings (SSSR count). The molecule has 0 bridgehead atoms. The Balaban J connectivity index is 0.00000484. The molecule has 23 heavy (non-hydrogen) atoms. The molecular weight excluding hydrogens is 352 g/mol. The minimum Gasteiger partial charge on any atom is -0.384 e. The normalized spacial score (nSPS) is 11.0. The quantitative estimate of drug-likeness (QED) is 0.650. The summed E-state index contributed by atoms with van der Waals surface area (Å²) in [5.41, 5.74) is 5.91. The SMILES string of the molecule is CCNc1ccc(S(=O)(=O)C(F)F)cc1NC(=O)CCCN.Cl. The number of amides is 1. The molecule has 132 valence electrons. The lowest BCUT2D eigenvalue weighted by atomic mass is 10.2. The first-order valence-electron chi connectivity index (χ1n) is 6.72. The van der Waals surface area contributed by atoms with Gasteiger partial charge in [0.15, 0.2) is 0 Å². The second-order valence-corrected chi connectivity index (χ2v) is 6.40. The van der Waals surface area contributed by atoms with Gasteiger partial charge in [0.1, 0.15) is 0 Å². The minimum atomic E-state index is -4.72. The smallest absolute Gasteiger partial charge is 0.341 e. The fraction of sp³-hybridized carbons (Fsp3) is 0.462. The maximum Gasteiger partial charge on any atom is 0.341 e. The number of hydrogen-bond donors (Lipinski definition) is 3. The standard InChI is InChI=1S/C13H19F2N3O3S.ClH/c1-2-17-10-6-5-9(22(20,21)13(14)15)8-11(10)18-12(19)4-3-7-16;/h5-6,8,13,17H,2-4,7,16H2,1H3,(H,18,19);1H. The lowest BCUT2D eigenvalue weighted by molar-refractivity contribution is -0.116. The third-order valence-corrected chi connectivity index (χ3v) is 4.18. The van der Waals surface area contributed by atoms with Crippen molar-refractivity contribution in [1.29, 1.82) is 0 Å². The van der Waals surface area contributed by atoms with Crippen LogP contribution in [0, 0.1) is 0 Å². The van der Waals surface area contributed by atoms with Crippen LogP contribution in [0.4, 0.5) is 20.2 Å². The summed E-state index contributed by atoms with van der Waals surface area (Å²) in [5.74, 6) is -3.88. The van der Waals surface area contributed by atoms with Crippen molar-refractivity contribution in [2.75, 3.05) is 23.7 Å². The van der Waals surface area contributed by atoms with Crippen molar-refractivity contribution < 1.29 is 22.0 Å². The van der Waals surface area contributed by atoms with Crippen LogP contribution < -0.4 is 16.4 Å². The molecule has 0 saturated carbocycles. The first-order valence-corrected chi connectivity index (χ1v) is 8.27. The molecule has 0 aromatic heterocycles. The second kappa shape index (κ2) is 9.64. The highest BCUT2D eigenvalue weighted by atomic mass is 35.5. The van der Waals surface area contributed by atoms with Gasteiger partial charge in [0, 0.05) is 13.0 Å². The first-order chi connectivity index (χ1) is 10.3. The Kier molecular flexibility index (Phi) is 9.03. The maximum absolute atomic E-state index is 12.6. The Bertz CT molecular complexity index is 627. The minimum absolute atomic E-state index is 0. The van der Waals surface area contributed by atoms with Crippen molar-refractivity contribution in [3.63, 3.8) is 0 Å². The molecule has 0 radical (unpaired) electrons. The molecule has 10 heteroatoms. The van der Waals surface area contributed by atoms with Gasteiger partial charge in [-0.15, -0.1) is 12.4 Å². The van der Waals surface area contributed by atoms with Crippen LogP contribution in [0.5, 0.6) is 0 Å². The molecule has 1 amide bonds. The number of nitrogens with two attached hydrogens (primary N) is 1. The van der Waals surface area contributed by atoms with E-state index in [9.17, 15) is 22.0 Å². The van der Waals surface area contributed by atoms with Gasteiger partial charge in [0.25, 0.3) is 0 Å². The molecule has 0 fully saturated rings. The third-order valence-electron chi connectivity index (χ3n) is 2.80. The van der Waals surface area contributed by atoms with Gasteiger partial charge in [-0.25, -0.2) is 8.42 Å². The number of benzene rings is 1. The van der Waals surface area contributed by atoms with Crippen molar-refractivity contribution in [2.24, 2.45) is 5.73 Å². The summed E-state index contributed by atoms with van der Waals surface area (Å²) in [6.07, 6.45) is 0.630. The van der Waals surface area contributed by atoms with E-state index in [1.807, 2.05) is 6.92 Å². The van der Waals surface area contributed by atoms with Crippen LogP contribution in [0.25, 0.3) is 0 Å². The van der Waals surface area contributed by atoms with Crippen molar-refractivity contribution in [2.45, 2.75) is 30.4 Å². The van der Waals surface area contributed by atoms with Crippen molar-refractivity contribution in [1.82, 2.24) is 0 Å². The van der Waals surface area contributed by atoms with E-state index in [-0.39, 0.29) is 30.4 Å². The zero-order valence-electron chi connectivity index (χ0n) is 12.5. The van der Waals surface area contributed by atoms with Gasteiger partial charge in [0.05, 0.1) is 16.3 Å². The van der Waals surface area contributed by atoms with Gasteiger partial charge in [0.2, 0.25) is 15.7 Å². The molecule has 0 aliphatic heterocycles. The molecule has 0 unspecified atom stereocenters. The van der Waals surface area contributed by atoms with E-state index in [0.29, 0.717) is 25.2 Å². The summed E-state index contributed by atoms with van der Waals surface area (Å²) in [4.78, 5) is 11.2. The number of anilines is 2. The van der Waals surface area contributed by atoms with Gasteiger partial charge >= 0.3 is 5.76 Å². The van der Waals surface area contributed by atoms with Crippen molar-refractivity contribution in [3.05, 3.63) is 18.2 Å².